The highest BCUT2D eigenvalue weighted by molar-refractivity contribution is 6.46. The molecule has 0 unspecified atom stereocenters. The smallest absolute Gasteiger partial charge is 0.295 e. The van der Waals surface area contributed by atoms with E-state index in [9.17, 15) is 14.7 Å². The van der Waals surface area contributed by atoms with Crippen molar-refractivity contribution >= 4 is 17.4 Å². The quantitative estimate of drug-likeness (QED) is 0.335. The summed E-state index contributed by atoms with van der Waals surface area (Å²) in [6.45, 7) is 2.49. The third-order valence-corrected chi connectivity index (χ3v) is 5.47. The molecule has 0 saturated carbocycles. The average Bonchev–Trinajstić information content (AvgIpc) is 3.10. The number of aromatic nitrogens is 1. The number of carbonyl (C=O) groups excluding carboxylic acids is 2. The van der Waals surface area contributed by atoms with Gasteiger partial charge in [0, 0.05) is 24.5 Å². The topological polar surface area (TPSA) is 89.0 Å². The number of hydrogen-bond donors (Lipinski definition) is 1. The van der Waals surface area contributed by atoms with Crippen LogP contribution < -0.4 is 9.47 Å². The fourth-order valence-electron chi connectivity index (χ4n) is 3.96. The molecule has 33 heavy (non-hydrogen) atoms. The van der Waals surface area contributed by atoms with E-state index in [4.69, 9.17) is 9.47 Å². The summed E-state index contributed by atoms with van der Waals surface area (Å²) in [7, 11) is 1.53. The number of Topliss-reactive ketones (excluding diaryl/α,β-unsaturated/α-hetero) is 1. The zero-order valence-corrected chi connectivity index (χ0v) is 18.4. The predicted octanol–water partition coefficient (Wildman–Crippen LogP) is 4.11. The van der Waals surface area contributed by atoms with E-state index in [0.717, 1.165) is 5.56 Å². The molecule has 3 aromatic rings. The van der Waals surface area contributed by atoms with Gasteiger partial charge in [0.1, 0.15) is 5.76 Å². The van der Waals surface area contributed by atoms with Crippen LogP contribution in [0.1, 0.15) is 29.7 Å². The predicted molar refractivity (Wildman–Crippen MR) is 123 cm³/mol. The van der Waals surface area contributed by atoms with Gasteiger partial charge in [-0.15, -0.1) is 0 Å². The highest BCUT2D eigenvalue weighted by Gasteiger charge is 2.46. The number of hydrogen-bond acceptors (Lipinski definition) is 6. The lowest BCUT2D eigenvalue weighted by Crippen LogP contribution is -2.29. The van der Waals surface area contributed by atoms with Crippen molar-refractivity contribution in [1.29, 1.82) is 0 Å². The van der Waals surface area contributed by atoms with Crippen LogP contribution in [0.3, 0.4) is 0 Å². The molecule has 1 fully saturated rings. The number of pyridine rings is 1. The van der Waals surface area contributed by atoms with E-state index in [-0.39, 0.29) is 17.9 Å². The van der Waals surface area contributed by atoms with Gasteiger partial charge in [-0.2, -0.15) is 0 Å². The molecule has 1 N–H and O–H groups in total. The Morgan fingerprint density at radius 3 is 2.52 bits per heavy atom. The van der Waals surface area contributed by atoms with E-state index in [1.54, 1.807) is 60.9 Å². The first-order chi connectivity index (χ1) is 16.0. The zero-order chi connectivity index (χ0) is 23.4. The molecule has 0 bridgehead atoms. The molecule has 0 radical (unpaired) electrons. The fraction of sp³-hybridized carbons (Fsp3) is 0.192. The summed E-state index contributed by atoms with van der Waals surface area (Å²) in [6, 6.07) is 16.8. The van der Waals surface area contributed by atoms with Crippen LogP contribution in [-0.4, -0.2) is 40.4 Å². The second-order valence-corrected chi connectivity index (χ2v) is 7.50. The molecule has 1 aliphatic rings. The number of ketones is 1. The minimum Gasteiger partial charge on any atom is -0.507 e. The molecule has 7 heteroatoms. The van der Waals surface area contributed by atoms with E-state index in [1.165, 1.54) is 12.0 Å². The van der Waals surface area contributed by atoms with E-state index in [0.29, 0.717) is 29.2 Å². The van der Waals surface area contributed by atoms with Crippen LogP contribution in [0.25, 0.3) is 5.76 Å². The number of carbonyl (C=O) groups is 2. The Bertz CT molecular complexity index is 1190. The number of ether oxygens (including phenoxy) is 2. The minimum absolute atomic E-state index is 0.0290. The molecular formula is C26H24N2O5. The minimum atomic E-state index is -0.810. The molecule has 1 aliphatic heterocycles. The molecule has 1 atom stereocenters. The third-order valence-electron chi connectivity index (χ3n) is 5.47. The maximum atomic E-state index is 13.1. The Labute approximate surface area is 191 Å². The molecule has 7 nitrogen and oxygen atoms in total. The standard InChI is InChI=1S/C26H24N2O5/c1-3-33-20-12-11-19(14-21(20)32-2)23-22(24(29)18-9-5-4-6-10-18)25(30)26(31)28(23)16-17-8-7-13-27-15-17/h4-15,23,29H,3,16H2,1-2H3/b24-22+/t23-/m1/s1. The summed E-state index contributed by atoms with van der Waals surface area (Å²) in [4.78, 5) is 31.8. The molecule has 1 aromatic heterocycles. The van der Waals surface area contributed by atoms with Crippen molar-refractivity contribution < 1.29 is 24.2 Å². The lowest BCUT2D eigenvalue weighted by molar-refractivity contribution is -0.140. The van der Waals surface area contributed by atoms with Gasteiger partial charge in [0.25, 0.3) is 11.7 Å². The van der Waals surface area contributed by atoms with Gasteiger partial charge in [0.05, 0.1) is 25.3 Å². The van der Waals surface area contributed by atoms with Crippen molar-refractivity contribution in [3.05, 3.63) is 95.3 Å². The van der Waals surface area contributed by atoms with E-state index >= 15 is 0 Å². The van der Waals surface area contributed by atoms with E-state index in [1.807, 2.05) is 19.1 Å². The van der Waals surface area contributed by atoms with Gasteiger partial charge in [-0.25, -0.2) is 0 Å². The Morgan fingerprint density at radius 1 is 1.06 bits per heavy atom. The largest absolute Gasteiger partial charge is 0.507 e. The van der Waals surface area contributed by atoms with Gasteiger partial charge in [-0.05, 0) is 36.2 Å². The maximum Gasteiger partial charge on any atom is 0.295 e. The van der Waals surface area contributed by atoms with Crippen molar-refractivity contribution in [1.82, 2.24) is 9.88 Å². The van der Waals surface area contributed by atoms with Crippen molar-refractivity contribution in [2.75, 3.05) is 13.7 Å². The van der Waals surface area contributed by atoms with Crippen LogP contribution in [0.2, 0.25) is 0 Å². The number of likely N-dealkylation sites (tertiary alicyclic amines) is 1. The fourth-order valence-corrected chi connectivity index (χ4v) is 3.96. The van der Waals surface area contributed by atoms with E-state index < -0.39 is 17.7 Å². The first-order valence-corrected chi connectivity index (χ1v) is 10.6. The molecule has 0 spiro atoms. The first kappa shape index (κ1) is 22.1. The number of rotatable bonds is 7. The number of aliphatic hydroxyl groups excluding tert-OH is 1. The number of nitrogens with zero attached hydrogens (tertiary/aromatic N) is 2. The van der Waals surface area contributed by atoms with Gasteiger partial charge < -0.3 is 19.5 Å². The van der Waals surface area contributed by atoms with Crippen LogP contribution in [0, 0.1) is 0 Å². The highest BCUT2D eigenvalue weighted by atomic mass is 16.5. The Balaban J connectivity index is 1.87. The summed E-state index contributed by atoms with van der Waals surface area (Å²) in [5, 5.41) is 11.1. The highest BCUT2D eigenvalue weighted by Crippen LogP contribution is 2.42. The molecule has 168 valence electrons. The Morgan fingerprint density at radius 2 is 1.85 bits per heavy atom. The normalized spacial score (nSPS) is 17.3. The van der Waals surface area contributed by atoms with Crippen molar-refractivity contribution in [3.8, 4) is 11.5 Å². The molecule has 1 amide bonds. The summed E-state index contributed by atoms with van der Waals surface area (Å²) >= 11 is 0. The van der Waals surface area contributed by atoms with Gasteiger partial charge in [0.15, 0.2) is 11.5 Å². The van der Waals surface area contributed by atoms with Crippen LogP contribution >= 0.6 is 0 Å². The maximum absolute atomic E-state index is 13.1. The van der Waals surface area contributed by atoms with Crippen LogP contribution in [0.4, 0.5) is 0 Å². The molecule has 1 saturated heterocycles. The second-order valence-electron chi connectivity index (χ2n) is 7.50. The average molecular weight is 444 g/mol. The molecule has 2 aromatic carbocycles. The Hall–Kier alpha value is -4.13. The zero-order valence-electron chi connectivity index (χ0n) is 18.4. The first-order valence-electron chi connectivity index (χ1n) is 10.6. The number of aliphatic hydroxyl groups is 1. The molecule has 4 rings (SSSR count). The summed E-state index contributed by atoms with van der Waals surface area (Å²) in [5.41, 5.74) is 1.87. The lowest BCUT2D eigenvalue weighted by atomic mass is 9.95. The van der Waals surface area contributed by atoms with Gasteiger partial charge in [0.2, 0.25) is 0 Å². The third kappa shape index (κ3) is 4.30. The van der Waals surface area contributed by atoms with E-state index in [2.05, 4.69) is 4.98 Å². The second kappa shape index (κ2) is 9.56. The number of benzene rings is 2. The van der Waals surface area contributed by atoms with Crippen LogP contribution in [0.15, 0.2) is 78.6 Å². The van der Waals surface area contributed by atoms with Crippen molar-refractivity contribution in [2.45, 2.75) is 19.5 Å². The van der Waals surface area contributed by atoms with Crippen LogP contribution in [-0.2, 0) is 16.1 Å². The molecule has 0 aliphatic carbocycles. The summed E-state index contributed by atoms with van der Waals surface area (Å²) in [5.74, 6) is -0.621. The van der Waals surface area contributed by atoms with Gasteiger partial charge in [-0.3, -0.25) is 14.6 Å². The van der Waals surface area contributed by atoms with Crippen molar-refractivity contribution in [2.24, 2.45) is 0 Å². The van der Waals surface area contributed by atoms with Gasteiger partial charge in [-0.1, -0.05) is 42.5 Å². The molecular weight excluding hydrogens is 420 g/mol. The summed E-state index contributed by atoms with van der Waals surface area (Å²) in [6.07, 6.45) is 3.29. The summed E-state index contributed by atoms with van der Waals surface area (Å²) < 4.78 is 11.1. The molecule has 2 heterocycles. The van der Waals surface area contributed by atoms with Gasteiger partial charge >= 0.3 is 0 Å². The number of methoxy groups -OCH3 is 1. The van der Waals surface area contributed by atoms with Crippen LogP contribution in [0.5, 0.6) is 11.5 Å². The lowest BCUT2D eigenvalue weighted by Gasteiger charge is -2.26. The SMILES string of the molecule is CCOc1ccc([C@@H]2/C(=C(\O)c3ccccc3)C(=O)C(=O)N2Cc2cccnc2)cc1OC. The monoisotopic (exact) mass is 444 g/mol. The van der Waals surface area contributed by atoms with Crippen molar-refractivity contribution in [3.63, 3.8) is 0 Å². The Kier molecular flexibility index (Phi) is 6.40. The number of amides is 1.